The van der Waals surface area contributed by atoms with Crippen LogP contribution in [0.5, 0.6) is 5.75 Å². The number of hydrogen-bond donors (Lipinski definition) is 2. The number of methoxy groups -OCH3 is 1. The fourth-order valence-electron chi connectivity index (χ4n) is 2.50. The maximum atomic E-state index is 12.2. The molecule has 0 fully saturated rings. The minimum atomic E-state index is -0.366. The van der Waals surface area contributed by atoms with Crippen LogP contribution in [0, 0.1) is 13.8 Å². The van der Waals surface area contributed by atoms with Crippen LogP contribution >= 0.6 is 11.3 Å². The van der Waals surface area contributed by atoms with Gasteiger partial charge < -0.3 is 9.72 Å². The van der Waals surface area contributed by atoms with Crippen molar-refractivity contribution in [2.45, 2.75) is 13.8 Å². The zero-order chi connectivity index (χ0) is 18.0. The largest absolute Gasteiger partial charge is 0.496 e. The molecule has 2 aromatic heterocycles. The Labute approximate surface area is 148 Å². The molecule has 2 heterocycles. The highest BCUT2D eigenvalue weighted by Gasteiger charge is 2.13. The van der Waals surface area contributed by atoms with E-state index in [1.54, 1.807) is 13.2 Å². The maximum absolute atomic E-state index is 12.2. The predicted molar refractivity (Wildman–Crippen MR) is 98.6 cm³/mol. The van der Waals surface area contributed by atoms with Crippen LogP contribution in [0.1, 0.15) is 21.5 Å². The summed E-state index contributed by atoms with van der Waals surface area (Å²) in [6.45, 7) is 3.97. The molecule has 0 radical (unpaired) electrons. The molecular weight excluding hydrogens is 338 g/mol. The standard InChI is InChI=1S/C18H17N3O3S/c1-10-7-15(24-3)11(2)6-13(10)14-9-25-18(20-14)21-17(23)12-4-5-19-16(22)8-12/h4-9H,1-3H3,(H,19,22)(H,20,21,23). The number of carbonyl (C=O) groups excluding carboxylic acids is 1. The number of thiazole rings is 1. The summed E-state index contributed by atoms with van der Waals surface area (Å²) in [6.07, 6.45) is 1.44. The predicted octanol–water partition coefficient (Wildman–Crippen LogP) is 3.38. The van der Waals surface area contributed by atoms with Crippen molar-refractivity contribution in [2.75, 3.05) is 12.4 Å². The van der Waals surface area contributed by atoms with Crippen LogP contribution in [0.2, 0.25) is 0 Å². The van der Waals surface area contributed by atoms with Gasteiger partial charge in [0.2, 0.25) is 5.56 Å². The van der Waals surface area contributed by atoms with Crippen molar-refractivity contribution in [1.29, 1.82) is 0 Å². The van der Waals surface area contributed by atoms with Crippen molar-refractivity contribution in [1.82, 2.24) is 9.97 Å². The number of carbonyl (C=O) groups is 1. The Kier molecular flexibility index (Phi) is 4.67. The molecule has 3 rings (SSSR count). The fourth-order valence-corrected chi connectivity index (χ4v) is 3.20. The normalized spacial score (nSPS) is 10.5. The van der Waals surface area contributed by atoms with Gasteiger partial charge in [-0.3, -0.25) is 14.9 Å². The van der Waals surface area contributed by atoms with Gasteiger partial charge in [-0.1, -0.05) is 0 Å². The van der Waals surface area contributed by atoms with Gasteiger partial charge in [-0.15, -0.1) is 11.3 Å². The average molecular weight is 355 g/mol. The summed E-state index contributed by atoms with van der Waals surface area (Å²) >= 11 is 1.34. The van der Waals surface area contributed by atoms with Crippen LogP contribution in [0.15, 0.2) is 40.6 Å². The van der Waals surface area contributed by atoms with Gasteiger partial charge in [0.05, 0.1) is 12.8 Å². The van der Waals surface area contributed by atoms with E-state index in [2.05, 4.69) is 15.3 Å². The zero-order valence-electron chi connectivity index (χ0n) is 14.0. The summed E-state index contributed by atoms with van der Waals surface area (Å²) in [5, 5.41) is 5.09. The van der Waals surface area contributed by atoms with Crippen LogP contribution in [-0.4, -0.2) is 23.0 Å². The highest BCUT2D eigenvalue weighted by molar-refractivity contribution is 7.14. The summed E-state index contributed by atoms with van der Waals surface area (Å²) in [5.74, 6) is 0.467. The molecule has 0 saturated carbocycles. The van der Waals surface area contributed by atoms with Crippen LogP contribution < -0.4 is 15.6 Å². The molecule has 128 valence electrons. The number of aromatic amines is 1. The third kappa shape index (κ3) is 3.61. The molecule has 0 aliphatic heterocycles. The first-order valence-electron chi connectivity index (χ1n) is 7.59. The molecule has 3 aromatic rings. The van der Waals surface area contributed by atoms with E-state index in [9.17, 15) is 9.59 Å². The molecule has 2 N–H and O–H groups in total. The molecule has 1 amide bonds. The van der Waals surface area contributed by atoms with Gasteiger partial charge in [-0.25, -0.2) is 4.98 Å². The number of amides is 1. The first-order valence-corrected chi connectivity index (χ1v) is 8.47. The third-order valence-electron chi connectivity index (χ3n) is 3.78. The lowest BCUT2D eigenvalue weighted by Crippen LogP contribution is -2.15. The zero-order valence-corrected chi connectivity index (χ0v) is 14.9. The summed E-state index contributed by atoms with van der Waals surface area (Å²) in [4.78, 5) is 30.5. The second-order valence-electron chi connectivity index (χ2n) is 5.57. The van der Waals surface area contributed by atoms with Gasteiger partial charge in [0.25, 0.3) is 5.91 Å². The first kappa shape index (κ1) is 16.9. The summed E-state index contributed by atoms with van der Waals surface area (Å²) in [5.41, 5.74) is 3.81. The summed E-state index contributed by atoms with van der Waals surface area (Å²) in [7, 11) is 1.65. The van der Waals surface area contributed by atoms with Crippen molar-refractivity contribution in [3.05, 3.63) is 62.9 Å². The van der Waals surface area contributed by atoms with E-state index in [1.807, 2.05) is 31.4 Å². The summed E-state index contributed by atoms with van der Waals surface area (Å²) in [6, 6.07) is 6.78. The number of hydrogen-bond acceptors (Lipinski definition) is 5. The van der Waals surface area contributed by atoms with Crippen molar-refractivity contribution in [3.63, 3.8) is 0 Å². The van der Waals surface area contributed by atoms with E-state index in [-0.39, 0.29) is 17.0 Å². The van der Waals surface area contributed by atoms with E-state index in [0.29, 0.717) is 5.13 Å². The van der Waals surface area contributed by atoms with Gasteiger partial charge in [0.1, 0.15) is 5.75 Å². The Balaban J connectivity index is 1.85. The average Bonchev–Trinajstić information content (AvgIpc) is 3.04. The molecule has 0 atom stereocenters. The quantitative estimate of drug-likeness (QED) is 0.751. The molecule has 0 saturated heterocycles. The van der Waals surface area contributed by atoms with E-state index in [0.717, 1.165) is 28.1 Å². The van der Waals surface area contributed by atoms with Crippen LogP contribution in [-0.2, 0) is 0 Å². The second kappa shape index (κ2) is 6.90. The van der Waals surface area contributed by atoms with Crippen molar-refractivity contribution >= 4 is 22.4 Å². The van der Waals surface area contributed by atoms with Gasteiger partial charge in [0, 0.05) is 28.8 Å². The molecule has 25 heavy (non-hydrogen) atoms. The summed E-state index contributed by atoms with van der Waals surface area (Å²) < 4.78 is 5.33. The monoisotopic (exact) mass is 355 g/mol. The molecule has 0 aliphatic rings. The number of nitrogens with one attached hydrogen (secondary N) is 2. The number of rotatable bonds is 4. The van der Waals surface area contributed by atoms with Crippen molar-refractivity contribution in [2.24, 2.45) is 0 Å². The Morgan fingerprint density at radius 3 is 2.76 bits per heavy atom. The Morgan fingerprint density at radius 2 is 2.04 bits per heavy atom. The van der Waals surface area contributed by atoms with E-state index >= 15 is 0 Å². The minimum Gasteiger partial charge on any atom is -0.496 e. The van der Waals surface area contributed by atoms with Crippen molar-refractivity contribution < 1.29 is 9.53 Å². The number of anilines is 1. The highest BCUT2D eigenvalue weighted by atomic mass is 32.1. The van der Waals surface area contributed by atoms with E-state index < -0.39 is 0 Å². The highest BCUT2D eigenvalue weighted by Crippen LogP contribution is 2.32. The molecule has 6 nitrogen and oxygen atoms in total. The number of nitrogens with zero attached hydrogens (tertiary/aromatic N) is 1. The van der Waals surface area contributed by atoms with Gasteiger partial charge in [-0.05, 0) is 43.2 Å². The number of benzene rings is 1. The van der Waals surface area contributed by atoms with E-state index in [1.165, 1.54) is 23.6 Å². The lowest BCUT2D eigenvalue weighted by Gasteiger charge is -2.09. The van der Waals surface area contributed by atoms with E-state index in [4.69, 9.17) is 4.74 Å². The number of aryl methyl sites for hydroxylation is 2. The molecule has 0 spiro atoms. The molecule has 7 heteroatoms. The number of aromatic nitrogens is 2. The maximum Gasteiger partial charge on any atom is 0.257 e. The van der Waals surface area contributed by atoms with Crippen LogP contribution in [0.3, 0.4) is 0 Å². The van der Waals surface area contributed by atoms with Gasteiger partial charge in [-0.2, -0.15) is 0 Å². The Morgan fingerprint density at radius 1 is 1.24 bits per heavy atom. The first-order chi connectivity index (χ1) is 12.0. The molecular formula is C18H17N3O3S. The number of ether oxygens (including phenoxy) is 1. The van der Waals surface area contributed by atoms with Gasteiger partial charge >= 0.3 is 0 Å². The van der Waals surface area contributed by atoms with Crippen LogP contribution in [0.4, 0.5) is 5.13 Å². The van der Waals surface area contributed by atoms with Gasteiger partial charge in [0.15, 0.2) is 5.13 Å². The lowest BCUT2D eigenvalue weighted by molar-refractivity contribution is 0.102. The van der Waals surface area contributed by atoms with Crippen LogP contribution in [0.25, 0.3) is 11.3 Å². The number of pyridine rings is 1. The second-order valence-corrected chi connectivity index (χ2v) is 6.43. The lowest BCUT2D eigenvalue weighted by atomic mass is 10.0. The molecule has 0 bridgehead atoms. The third-order valence-corrected chi connectivity index (χ3v) is 4.54. The minimum absolute atomic E-state index is 0.289. The Hall–Kier alpha value is -2.93. The molecule has 0 unspecified atom stereocenters. The molecule has 1 aromatic carbocycles. The fraction of sp³-hybridized carbons (Fsp3) is 0.167. The smallest absolute Gasteiger partial charge is 0.257 e. The Bertz CT molecular complexity index is 991. The number of H-pyrrole nitrogens is 1. The molecule has 0 aliphatic carbocycles. The SMILES string of the molecule is COc1cc(C)c(-c2csc(NC(=O)c3cc[nH]c(=O)c3)n2)cc1C. The van der Waals surface area contributed by atoms with Crippen molar-refractivity contribution in [3.8, 4) is 17.0 Å². The topological polar surface area (TPSA) is 84.1 Å².